The number of likely N-dealkylation sites (N-methyl/N-ethyl adjacent to an activating group) is 1. The molecule has 1 heterocycles. The molecule has 126 valence electrons. The Morgan fingerprint density at radius 3 is 2.88 bits per heavy atom. The third kappa shape index (κ3) is 5.76. The molecule has 0 spiro atoms. The van der Waals surface area contributed by atoms with Crippen LogP contribution >= 0.6 is 11.8 Å². The molecule has 24 heavy (non-hydrogen) atoms. The van der Waals surface area contributed by atoms with Gasteiger partial charge in [-0.2, -0.15) is 5.26 Å². The van der Waals surface area contributed by atoms with Gasteiger partial charge >= 0.3 is 0 Å². The summed E-state index contributed by atoms with van der Waals surface area (Å²) in [5, 5.41) is 11.9. The van der Waals surface area contributed by atoms with Crippen LogP contribution in [0.3, 0.4) is 0 Å². The van der Waals surface area contributed by atoms with E-state index in [0.717, 1.165) is 16.3 Å². The average Bonchev–Trinajstić information content (AvgIpc) is 3.02. The van der Waals surface area contributed by atoms with E-state index in [2.05, 4.69) is 11.4 Å². The summed E-state index contributed by atoms with van der Waals surface area (Å²) in [5.74, 6) is 0.747. The standard InChI is InChI=1S/C18H21N3O2S/c1-14(9-10-19)24-17-8-4-3-7-16(17)20-18(22)13-21(2)12-15-6-5-11-23-15/h3-8,11,14H,9,12-13H2,1-2H3,(H,20,22)/t14-/m0/s1. The van der Waals surface area contributed by atoms with Gasteiger partial charge < -0.3 is 9.73 Å². The number of hydrogen-bond acceptors (Lipinski definition) is 5. The first-order valence-electron chi connectivity index (χ1n) is 7.72. The van der Waals surface area contributed by atoms with Crippen molar-refractivity contribution in [3.05, 3.63) is 48.4 Å². The largest absolute Gasteiger partial charge is 0.468 e. The maximum Gasteiger partial charge on any atom is 0.238 e. The van der Waals surface area contributed by atoms with Gasteiger partial charge in [-0.15, -0.1) is 11.8 Å². The normalized spacial score (nSPS) is 11.9. The Labute approximate surface area is 146 Å². The number of para-hydroxylation sites is 1. The molecule has 0 aliphatic rings. The highest BCUT2D eigenvalue weighted by atomic mass is 32.2. The van der Waals surface area contributed by atoms with Crippen molar-refractivity contribution in [1.29, 1.82) is 5.26 Å². The van der Waals surface area contributed by atoms with Crippen molar-refractivity contribution in [2.45, 2.75) is 30.0 Å². The number of carbonyl (C=O) groups excluding carboxylic acids is 1. The van der Waals surface area contributed by atoms with Crippen LogP contribution in [0.25, 0.3) is 0 Å². The molecule has 1 aromatic heterocycles. The molecule has 6 heteroatoms. The zero-order valence-corrected chi connectivity index (χ0v) is 14.7. The van der Waals surface area contributed by atoms with Gasteiger partial charge in [0.25, 0.3) is 0 Å². The van der Waals surface area contributed by atoms with Gasteiger partial charge in [-0.1, -0.05) is 19.1 Å². The van der Waals surface area contributed by atoms with Crippen LogP contribution in [0.5, 0.6) is 0 Å². The maximum absolute atomic E-state index is 12.3. The fourth-order valence-corrected chi connectivity index (χ4v) is 3.21. The van der Waals surface area contributed by atoms with E-state index in [1.165, 1.54) is 0 Å². The van der Waals surface area contributed by atoms with Gasteiger partial charge in [0.15, 0.2) is 0 Å². The predicted octanol–water partition coefficient (Wildman–Crippen LogP) is 3.74. The summed E-state index contributed by atoms with van der Waals surface area (Å²) in [5.41, 5.74) is 0.781. The van der Waals surface area contributed by atoms with Crippen LogP contribution in [0.2, 0.25) is 0 Å². The first-order chi connectivity index (χ1) is 11.6. The number of hydrogen-bond donors (Lipinski definition) is 1. The van der Waals surface area contributed by atoms with Crippen LogP contribution < -0.4 is 5.32 Å². The summed E-state index contributed by atoms with van der Waals surface area (Å²) >= 11 is 1.59. The maximum atomic E-state index is 12.3. The zero-order chi connectivity index (χ0) is 17.4. The van der Waals surface area contributed by atoms with Crippen LogP contribution in [-0.4, -0.2) is 29.6 Å². The van der Waals surface area contributed by atoms with E-state index in [1.807, 2.05) is 55.3 Å². The number of nitriles is 1. The topological polar surface area (TPSA) is 69.3 Å². The second-order valence-corrected chi connectivity index (χ2v) is 7.07. The number of thioether (sulfide) groups is 1. The Balaban J connectivity index is 1.92. The van der Waals surface area contributed by atoms with Crippen molar-refractivity contribution < 1.29 is 9.21 Å². The lowest BCUT2D eigenvalue weighted by molar-refractivity contribution is -0.117. The predicted molar refractivity (Wildman–Crippen MR) is 95.7 cm³/mol. The first-order valence-corrected chi connectivity index (χ1v) is 8.60. The Morgan fingerprint density at radius 2 is 2.17 bits per heavy atom. The van der Waals surface area contributed by atoms with E-state index in [-0.39, 0.29) is 17.7 Å². The highest BCUT2D eigenvalue weighted by molar-refractivity contribution is 8.00. The second kappa shape index (κ2) is 9.16. The SMILES string of the molecule is C[C@@H](CC#N)Sc1ccccc1NC(=O)CN(C)Cc1ccco1. The smallest absolute Gasteiger partial charge is 0.238 e. The molecule has 1 atom stereocenters. The van der Waals surface area contributed by atoms with Crippen molar-refractivity contribution in [3.63, 3.8) is 0 Å². The van der Waals surface area contributed by atoms with Crippen LogP contribution in [0.15, 0.2) is 52.0 Å². The van der Waals surface area contributed by atoms with Crippen molar-refractivity contribution in [2.75, 3.05) is 18.9 Å². The minimum absolute atomic E-state index is 0.0787. The summed E-state index contributed by atoms with van der Waals surface area (Å²) in [4.78, 5) is 15.1. The molecule has 0 fully saturated rings. The van der Waals surface area contributed by atoms with Gasteiger partial charge in [0.05, 0.1) is 31.1 Å². The van der Waals surface area contributed by atoms with Crippen LogP contribution in [0, 0.1) is 11.3 Å². The summed E-state index contributed by atoms with van der Waals surface area (Å²) in [7, 11) is 1.87. The Morgan fingerprint density at radius 1 is 1.38 bits per heavy atom. The molecule has 2 rings (SSSR count). The molecule has 0 bridgehead atoms. The van der Waals surface area contributed by atoms with Gasteiger partial charge in [-0.05, 0) is 31.3 Å². The molecule has 2 aromatic rings. The molecule has 0 aliphatic carbocycles. The molecule has 0 saturated carbocycles. The quantitative estimate of drug-likeness (QED) is 0.739. The van der Waals surface area contributed by atoms with E-state index in [1.54, 1.807) is 18.0 Å². The molecule has 1 aromatic carbocycles. The molecule has 0 saturated heterocycles. The average molecular weight is 343 g/mol. The third-order valence-electron chi connectivity index (χ3n) is 3.29. The third-order valence-corrected chi connectivity index (χ3v) is 4.47. The Bertz CT molecular complexity index is 695. The van der Waals surface area contributed by atoms with Gasteiger partial charge in [0, 0.05) is 16.6 Å². The summed E-state index contributed by atoms with van der Waals surface area (Å²) in [6.45, 7) is 2.85. The number of nitrogens with one attached hydrogen (secondary N) is 1. The van der Waals surface area contributed by atoms with Crippen LogP contribution in [0.4, 0.5) is 5.69 Å². The van der Waals surface area contributed by atoms with Gasteiger partial charge in [-0.25, -0.2) is 0 Å². The molecular formula is C18H21N3O2S. The van der Waals surface area contributed by atoms with E-state index in [4.69, 9.17) is 9.68 Å². The molecule has 0 unspecified atom stereocenters. The highest BCUT2D eigenvalue weighted by Crippen LogP contribution is 2.31. The molecule has 0 radical (unpaired) electrons. The minimum Gasteiger partial charge on any atom is -0.468 e. The lowest BCUT2D eigenvalue weighted by Crippen LogP contribution is -2.29. The molecule has 1 amide bonds. The Kier molecular flexibility index (Phi) is 6.91. The van der Waals surface area contributed by atoms with E-state index >= 15 is 0 Å². The lowest BCUT2D eigenvalue weighted by atomic mass is 10.3. The number of carbonyl (C=O) groups is 1. The minimum atomic E-state index is -0.0787. The van der Waals surface area contributed by atoms with Crippen molar-refractivity contribution >= 4 is 23.4 Å². The Hall–Kier alpha value is -2.23. The molecule has 0 aliphatic heterocycles. The van der Waals surface area contributed by atoms with Gasteiger partial charge in [-0.3, -0.25) is 9.69 Å². The van der Waals surface area contributed by atoms with Gasteiger partial charge in [0.1, 0.15) is 5.76 Å². The fourth-order valence-electron chi connectivity index (χ4n) is 2.22. The fraction of sp³-hybridized carbons (Fsp3) is 0.333. The zero-order valence-electron chi connectivity index (χ0n) is 13.9. The van der Waals surface area contributed by atoms with Crippen LogP contribution in [0.1, 0.15) is 19.1 Å². The van der Waals surface area contributed by atoms with E-state index in [9.17, 15) is 4.79 Å². The lowest BCUT2D eigenvalue weighted by Gasteiger charge is -2.17. The molecule has 1 N–H and O–H groups in total. The van der Waals surface area contributed by atoms with Crippen LogP contribution in [-0.2, 0) is 11.3 Å². The number of nitrogens with zero attached hydrogens (tertiary/aromatic N) is 2. The van der Waals surface area contributed by atoms with Crippen molar-refractivity contribution in [1.82, 2.24) is 4.90 Å². The van der Waals surface area contributed by atoms with Gasteiger partial charge in [0.2, 0.25) is 5.91 Å². The summed E-state index contributed by atoms with van der Waals surface area (Å²) in [6.07, 6.45) is 2.10. The van der Waals surface area contributed by atoms with Crippen molar-refractivity contribution in [3.8, 4) is 6.07 Å². The number of amides is 1. The van der Waals surface area contributed by atoms with E-state index in [0.29, 0.717) is 13.0 Å². The number of benzene rings is 1. The number of rotatable bonds is 8. The first kappa shape index (κ1) is 18.1. The van der Waals surface area contributed by atoms with Crippen molar-refractivity contribution in [2.24, 2.45) is 0 Å². The summed E-state index contributed by atoms with van der Waals surface area (Å²) < 4.78 is 5.29. The number of furan rings is 1. The highest BCUT2D eigenvalue weighted by Gasteiger charge is 2.12. The second-order valence-electron chi connectivity index (χ2n) is 5.59. The monoisotopic (exact) mass is 343 g/mol. The summed E-state index contributed by atoms with van der Waals surface area (Å²) in [6, 6.07) is 13.6. The number of anilines is 1. The van der Waals surface area contributed by atoms with E-state index < -0.39 is 0 Å². The molecule has 5 nitrogen and oxygen atoms in total. The molecular weight excluding hydrogens is 322 g/mol.